The van der Waals surface area contributed by atoms with Crippen LogP contribution in [0, 0.1) is 18.6 Å². The second-order valence-electron chi connectivity index (χ2n) is 4.07. The molecule has 0 fully saturated rings. The molecular formula is C14H12ClF2N. The summed E-state index contributed by atoms with van der Waals surface area (Å²) in [6.07, 6.45) is 0. The summed E-state index contributed by atoms with van der Waals surface area (Å²) in [5.74, 6) is -1.68. The molecule has 4 heteroatoms. The zero-order valence-electron chi connectivity index (χ0n) is 9.81. The lowest BCUT2D eigenvalue weighted by Gasteiger charge is -2.08. The summed E-state index contributed by atoms with van der Waals surface area (Å²) in [6.45, 7) is 1.83. The van der Waals surface area contributed by atoms with Gasteiger partial charge in [0.1, 0.15) is 0 Å². The van der Waals surface area contributed by atoms with Crippen molar-refractivity contribution in [3.8, 4) is 11.1 Å². The van der Waals surface area contributed by atoms with Gasteiger partial charge in [0.05, 0.1) is 0 Å². The number of aryl methyl sites for hydroxylation is 1. The van der Waals surface area contributed by atoms with Crippen molar-refractivity contribution in [3.05, 3.63) is 58.1 Å². The average Bonchev–Trinajstić information content (AvgIpc) is 2.36. The first-order valence-electron chi connectivity index (χ1n) is 5.48. The van der Waals surface area contributed by atoms with Gasteiger partial charge in [-0.3, -0.25) is 0 Å². The Kier molecular flexibility index (Phi) is 3.64. The molecule has 0 amide bonds. The van der Waals surface area contributed by atoms with Gasteiger partial charge in [-0.05, 0) is 29.7 Å². The van der Waals surface area contributed by atoms with E-state index in [0.717, 1.165) is 5.56 Å². The van der Waals surface area contributed by atoms with E-state index in [9.17, 15) is 8.78 Å². The zero-order valence-corrected chi connectivity index (χ0v) is 10.6. The Morgan fingerprint density at radius 2 is 1.83 bits per heavy atom. The highest BCUT2D eigenvalue weighted by molar-refractivity contribution is 6.31. The molecule has 0 saturated carbocycles. The molecule has 0 atom stereocenters. The van der Waals surface area contributed by atoms with Gasteiger partial charge in [-0.15, -0.1) is 0 Å². The van der Waals surface area contributed by atoms with Crippen molar-refractivity contribution in [2.75, 3.05) is 0 Å². The monoisotopic (exact) mass is 267 g/mol. The lowest BCUT2D eigenvalue weighted by Crippen LogP contribution is -1.98. The van der Waals surface area contributed by atoms with Crippen LogP contribution in [0.2, 0.25) is 5.02 Å². The van der Waals surface area contributed by atoms with E-state index >= 15 is 0 Å². The van der Waals surface area contributed by atoms with Crippen molar-refractivity contribution in [2.24, 2.45) is 5.73 Å². The second kappa shape index (κ2) is 5.04. The largest absolute Gasteiger partial charge is 0.326 e. The molecule has 18 heavy (non-hydrogen) atoms. The Morgan fingerprint density at radius 3 is 2.44 bits per heavy atom. The molecular weight excluding hydrogens is 256 g/mol. The Hall–Kier alpha value is -1.45. The predicted octanol–water partition coefficient (Wildman–Crippen LogP) is 4.05. The van der Waals surface area contributed by atoms with E-state index in [1.165, 1.54) is 6.92 Å². The fraction of sp³-hybridized carbons (Fsp3) is 0.143. The van der Waals surface area contributed by atoms with E-state index in [1.54, 1.807) is 30.3 Å². The van der Waals surface area contributed by atoms with E-state index in [2.05, 4.69) is 0 Å². The summed E-state index contributed by atoms with van der Waals surface area (Å²) in [7, 11) is 0. The summed E-state index contributed by atoms with van der Waals surface area (Å²) < 4.78 is 27.3. The third kappa shape index (κ3) is 2.24. The number of halogens is 3. The summed E-state index contributed by atoms with van der Waals surface area (Å²) >= 11 is 6.01. The maximum atomic E-state index is 13.8. The van der Waals surface area contributed by atoms with Crippen LogP contribution in [0.5, 0.6) is 0 Å². The molecule has 0 unspecified atom stereocenters. The SMILES string of the molecule is Cc1ccc(-c2ccc(CN)c(Cl)c2)c(F)c1F. The average molecular weight is 268 g/mol. The number of rotatable bonds is 2. The smallest absolute Gasteiger partial charge is 0.166 e. The first-order valence-corrected chi connectivity index (χ1v) is 5.86. The lowest BCUT2D eigenvalue weighted by molar-refractivity contribution is 0.505. The van der Waals surface area contributed by atoms with Crippen LogP contribution in [0.1, 0.15) is 11.1 Å². The van der Waals surface area contributed by atoms with Crippen molar-refractivity contribution in [1.29, 1.82) is 0 Å². The molecule has 2 rings (SSSR count). The van der Waals surface area contributed by atoms with Crippen molar-refractivity contribution in [1.82, 2.24) is 0 Å². The quantitative estimate of drug-likeness (QED) is 0.873. The molecule has 0 spiro atoms. The molecule has 0 aliphatic heterocycles. The van der Waals surface area contributed by atoms with Crippen LogP contribution in [0.25, 0.3) is 11.1 Å². The van der Waals surface area contributed by atoms with Crippen LogP contribution in [-0.2, 0) is 6.54 Å². The highest BCUT2D eigenvalue weighted by atomic mass is 35.5. The van der Waals surface area contributed by atoms with E-state index in [1.807, 2.05) is 0 Å². The van der Waals surface area contributed by atoms with Crippen LogP contribution >= 0.6 is 11.6 Å². The molecule has 0 radical (unpaired) electrons. The molecule has 1 nitrogen and oxygen atoms in total. The Morgan fingerprint density at radius 1 is 1.11 bits per heavy atom. The minimum absolute atomic E-state index is 0.198. The highest BCUT2D eigenvalue weighted by Gasteiger charge is 2.13. The van der Waals surface area contributed by atoms with Crippen LogP contribution in [-0.4, -0.2) is 0 Å². The van der Waals surface area contributed by atoms with Crippen molar-refractivity contribution >= 4 is 11.6 Å². The van der Waals surface area contributed by atoms with Gasteiger partial charge >= 0.3 is 0 Å². The lowest BCUT2D eigenvalue weighted by atomic mass is 10.0. The Balaban J connectivity index is 2.56. The van der Waals surface area contributed by atoms with Crippen molar-refractivity contribution < 1.29 is 8.78 Å². The minimum atomic E-state index is -0.855. The molecule has 0 saturated heterocycles. The fourth-order valence-corrected chi connectivity index (χ4v) is 2.01. The molecule has 0 aliphatic carbocycles. The highest BCUT2D eigenvalue weighted by Crippen LogP contribution is 2.29. The van der Waals surface area contributed by atoms with Crippen LogP contribution in [0.4, 0.5) is 8.78 Å². The van der Waals surface area contributed by atoms with Crippen LogP contribution in [0.3, 0.4) is 0 Å². The van der Waals surface area contributed by atoms with E-state index < -0.39 is 11.6 Å². The van der Waals surface area contributed by atoms with Crippen molar-refractivity contribution in [2.45, 2.75) is 13.5 Å². The maximum absolute atomic E-state index is 13.8. The van der Waals surface area contributed by atoms with Gasteiger partial charge in [-0.1, -0.05) is 35.9 Å². The number of nitrogens with two attached hydrogens (primary N) is 1. The molecule has 2 aromatic carbocycles. The van der Waals surface area contributed by atoms with E-state index in [0.29, 0.717) is 17.1 Å². The zero-order chi connectivity index (χ0) is 13.3. The van der Waals surface area contributed by atoms with Crippen molar-refractivity contribution in [3.63, 3.8) is 0 Å². The molecule has 2 aromatic rings. The first-order chi connectivity index (χ1) is 8.54. The normalized spacial score (nSPS) is 10.7. The van der Waals surface area contributed by atoms with Gasteiger partial charge in [-0.25, -0.2) is 8.78 Å². The minimum Gasteiger partial charge on any atom is -0.326 e. The van der Waals surface area contributed by atoms with Gasteiger partial charge in [0, 0.05) is 17.1 Å². The fourth-order valence-electron chi connectivity index (χ4n) is 1.75. The summed E-state index contributed by atoms with van der Waals surface area (Å²) in [6, 6.07) is 8.08. The van der Waals surface area contributed by atoms with Gasteiger partial charge in [0.25, 0.3) is 0 Å². The molecule has 0 heterocycles. The Bertz CT molecular complexity index is 597. The third-order valence-electron chi connectivity index (χ3n) is 2.86. The third-order valence-corrected chi connectivity index (χ3v) is 3.21. The first kappa shape index (κ1) is 13.0. The van der Waals surface area contributed by atoms with Crippen LogP contribution in [0.15, 0.2) is 30.3 Å². The summed E-state index contributed by atoms with van der Waals surface area (Å²) in [5.41, 5.74) is 7.28. The number of benzene rings is 2. The van der Waals surface area contributed by atoms with E-state index in [4.69, 9.17) is 17.3 Å². The predicted molar refractivity (Wildman–Crippen MR) is 69.4 cm³/mol. The van der Waals surface area contributed by atoms with E-state index in [-0.39, 0.29) is 11.1 Å². The van der Waals surface area contributed by atoms with Gasteiger partial charge in [0.2, 0.25) is 0 Å². The van der Waals surface area contributed by atoms with Crippen LogP contribution < -0.4 is 5.73 Å². The number of hydrogen-bond donors (Lipinski definition) is 1. The molecule has 2 N–H and O–H groups in total. The maximum Gasteiger partial charge on any atom is 0.166 e. The Labute approximate surface area is 109 Å². The standard InChI is InChI=1S/C14H12ClF2N/c1-8-2-5-11(14(17)13(8)16)9-3-4-10(7-18)12(15)6-9/h2-6H,7,18H2,1H3. The van der Waals surface area contributed by atoms with Gasteiger partial charge < -0.3 is 5.73 Å². The summed E-state index contributed by atoms with van der Waals surface area (Å²) in [4.78, 5) is 0. The topological polar surface area (TPSA) is 26.0 Å². The molecule has 0 aliphatic rings. The molecule has 0 bridgehead atoms. The summed E-state index contributed by atoms with van der Waals surface area (Å²) in [5, 5.41) is 0.454. The number of hydrogen-bond acceptors (Lipinski definition) is 1. The molecule has 94 valence electrons. The molecule has 0 aromatic heterocycles. The van der Waals surface area contributed by atoms with Gasteiger partial charge in [-0.2, -0.15) is 0 Å². The van der Waals surface area contributed by atoms with Gasteiger partial charge in [0.15, 0.2) is 11.6 Å². The second-order valence-corrected chi connectivity index (χ2v) is 4.48.